The van der Waals surface area contributed by atoms with Crippen LogP contribution in [0.4, 0.5) is 0 Å². The Morgan fingerprint density at radius 2 is 0.640 bits per heavy atom. The topological polar surface area (TPSA) is 73.3 Å². The van der Waals surface area contributed by atoms with E-state index in [4.69, 9.17) is 24.9 Å². The first-order valence-electron chi connectivity index (χ1n) is 29.8. The fraction of sp³-hybridized carbons (Fsp3) is 0.152. The molecule has 0 amide bonds. The Hall–Kier alpha value is -10.1. The van der Waals surface area contributed by atoms with Crippen LogP contribution >= 0.6 is 0 Å². The molecule has 7 nitrogen and oxygen atoms in total. The van der Waals surface area contributed by atoms with E-state index in [9.17, 15) is 0 Å². The molecule has 0 aliphatic heterocycles. The molecule has 9 aromatic carbocycles. The zero-order valence-corrected chi connectivity index (χ0v) is 50.5. The lowest BCUT2D eigenvalue weighted by Crippen LogP contribution is -2.19. The highest BCUT2D eigenvalue weighted by atomic mass is 15.1. The van der Waals surface area contributed by atoms with Crippen LogP contribution in [0.2, 0.25) is 0 Å². The number of aryl methyl sites for hydroxylation is 4. The molecule has 0 fully saturated rings. The number of hydrogen-bond acceptors (Lipinski definition) is 5. The van der Waals surface area contributed by atoms with Crippen molar-refractivity contribution >= 4 is 33.1 Å². The van der Waals surface area contributed by atoms with E-state index in [0.29, 0.717) is 0 Å². The minimum absolute atomic E-state index is 0.215. The van der Waals surface area contributed by atoms with E-state index in [-0.39, 0.29) is 10.8 Å². The van der Waals surface area contributed by atoms with E-state index in [1.807, 2.05) is 6.20 Å². The molecular weight excluding hydrogens is 1050 g/mol. The molecule has 0 radical (unpaired) electrons. The number of imidazole rings is 2. The number of hydrogen-bond donors (Lipinski definition) is 0. The van der Waals surface area contributed by atoms with Crippen molar-refractivity contribution in [3.05, 3.63) is 259 Å². The summed E-state index contributed by atoms with van der Waals surface area (Å²) < 4.78 is 4.51. The Morgan fingerprint density at radius 3 is 1.07 bits per heavy atom. The molecule has 5 heterocycles. The summed E-state index contributed by atoms with van der Waals surface area (Å²) in [7, 11) is 0. The van der Waals surface area contributed by atoms with Crippen molar-refractivity contribution in [3.63, 3.8) is 0 Å². The lowest BCUT2D eigenvalue weighted by molar-refractivity contribution is 0.537. The maximum atomic E-state index is 5.44. The summed E-state index contributed by atoms with van der Waals surface area (Å²) in [5.41, 5.74) is 27.7. The highest BCUT2D eigenvalue weighted by Crippen LogP contribution is 2.44. The van der Waals surface area contributed by atoms with Crippen molar-refractivity contribution in [2.45, 2.75) is 80.1 Å². The van der Waals surface area contributed by atoms with Crippen LogP contribution in [0.5, 0.6) is 0 Å². The minimum atomic E-state index is -0.215. The standard InChI is InChI=1S/C79H67N7/c1-48-50(3)85-74(81-48)69-38-36-58(46-72(69)83-76(85)78(5,6)7)64-23-15-18-26-67(64)61-42-60(43-62(44-61)68-27-19-16-24-65(68)59-37-39-70-73(47-59)84-77(79(8,9)10)86-51(4)49(2)82-75(70)86)66-25-17-14-22-63(66)55-32-34-56(35-33-55)71-45-57(40-41-80-71)54-30-28-53(29-31-54)52-20-12-11-13-21-52/h11-47H,1-10H3. The van der Waals surface area contributed by atoms with Crippen molar-refractivity contribution < 1.29 is 0 Å². The molecule has 0 N–H and O–H groups in total. The molecule has 418 valence electrons. The molecule has 7 heteroatoms. The second-order valence-electron chi connectivity index (χ2n) is 25.1. The summed E-state index contributed by atoms with van der Waals surface area (Å²) in [6, 6.07) is 79.5. The Morgan fingerprint density at radius 1 is 0.291 bits per heavy atom. The Balaban J connectivity index is 0.905. The van der Waals surface area contributed by atoms with Crippen molar-refractivity contribution in [2.75, 3.05) is 0 Å². The van der Waals surface area contributed by atoms with Gasteiger partial charge in [0.15, 0.2) is 0 Å². The minimum Gasteiger partial charge on any atom is -0.284 e. The van der Waals surface area contributed by atoms with Crippen LogP contribution in [0, 0.1) is 27.7 Å². The zero-order chi connectivity index (χ0) is 59.2. The average molecular weight is 1110 g/mol. The van der Waals surface area contributed by atoms with E-state index in [0.717, 1.165) is 157 Å². The van der Waals surface area contributed by atoms with Crippen LogP contribution in [-0.2, 0) is 10.8 Å². The Labute approximate surface area is 503 Å². The van der Waals surface area contributed by atoms with Gasteiger partial charge in [-0.1, -0.05) is 205 Å². The van der Waals surface area contributed by atoms with E-state index in [2.05, 4.69) is 296 Å². The zero-order valence-electron chi connectivity index (χ0n) is 50.5. The van der Waals surface area contributed by atoms with Crippen molar-refractivity contribution in [1.82, 2.24) is 33.7 Å². The summed E-state index contributed by atoms with van der Waals surface area (Å²) >= 11 is 0. The summed E-state index contributed by atoms with van der Waals surface area (Å²) in [5.74, 6) is 1.99. The quantitative estimate of drug-likeness (QED) is 0.144. The van der Waals surface area contributed by atoms with Gasteiger partial charge in [-0.3, -0.25) is 13.8 Å². The highest BCUT2D eigenvalue weighted by Gasteiger charge is 2.26. The van der Waals surface area contributed by atoms with Crippen molar-refractivity contribution in [3.8, 4) is 100 Å². The highest BCUT2D eigenvalue weighted by molar-refractivity contribution is 6.00. The molecule has 0 bridgehead atoms. The molecule has 0 aliphatic carbocycles. The summed E-state index contributed by atoms with van der Waals surface area (Å²) in [6.45, 7) is 21.9. The molecule has 14 aromatic rings. The number of aromatic nitrogens is 7. The number of pyridine rings is 1. The van der Waals surface area contributed by atoms with Crippen molar-refractivity contribution in [1.29, 1.82) is 0 Å². The molecule has 0 spiro atoms. The summed E-state index contributed by atoms with van der Waals surface area (Å²) in [4.78, 5) is 26.0. The summed E-state index contributed by atoms with van der Waals surface area (Å²) in [5, 5.41) is 2.07. The SMILES string of the molecule is Cc1nc2c3ccc(-c4ccccc4-c4cc(-c5ccccc5-c5ccc(-c6cc(-c7ccc(-c8ccccc8)cc7)ccn6)cc5)cc(-c5ccccc5-c5ccc6c(c5)nc(C(C)(C)C)n5c(C)c(C)nc65)c4)cc3nc(C(C)(C)C)n2c1C. The number of rotatable bonds is 9. The molecule has 5 aromatic heterocycles. The van der Waals surface area contributed by atoms with Gasteiger partial charge in [-0.15, -0.1) is 0 Å². The third kappa shape index (κ3) is 9.54. The third-order valence-electron chi connectivity index (χ3n) is 17.2. The van der Waals surface area contributed by atoms with E-state index in [1.165, 1.54) is 11.1 Å². The molecule has 0 atom stereocenters. The molecule has 86 heavy (non-hydrogen) atoms. The van der Waals surface area contributed by atoms with E-state index in [1.54, 1.807) is 0 Å². The smallest absolute Gasteiger partial charge is 0.148 e. The van der Waals surface area contributed by atoms with Gasteiger partial charge in [-0.25, -0.2) is 19.9 Å². The Bertz CT molecular complexity index is 4770. The average Bonchev–Trinajstić information content (AvgIpc) is 2.06. The van der Waals surface area contributed by atoms with Crippen LogP contribution in [0.25, 0.3) is 133 Å². The summed E-state index contributed by atoms with van der Waals surface area (Å²) in [6.07, 6.45) is 1.92. The first-order chi connectivity index (χ1) is 41.5. The largest absolute Gasteiger partial charge is 0.284 e. The number of nitrogens with zero attached hydrogens (tertiary/aromatic N) is 7. The maximum absolute atomic E-state index is 5.44. The predicted molar refractivity (Wildman–Crippen MR) is 358 cm³/mol. The third-order valence-corrected chi connectivity index (χ3v) is 17.2. The predicted octanol–water partition coefficient (Wildman–Crippen LogP) is 20.3. The molecular formula is C79H67N7. The second-order valence-corrected chi connectivity index (χ2v) is 25.1. The van der Waals surface area contributed by atoms with Gasteiger partial charge in [0.05, 0.1) is 28.1 Å². The van der Waals surface area contributed by atoms with Gasteiger partial charge in [0.1, 0.15) is 22.9 Å². The lowest BCUT2D eigenvalue weighted by Gasteiger charge is -2.21. The van der Waals surface area contributed by atoms with E-state index < -0.39 is 0 Å². The van der Waals surface area contributed by atoms with Gasteiger partial charge in [0, 0.05) is 44.8 Å². The van der Waals surface area contributed by atoms with Gasteiger partial charge < -0.3 is 0 Å². The van der Waals surface area contributed by atoms with Gasteiger partial charge in [0.25, 0.3) is 0 Å². The van der Waals surface area contributed by atoms with Crippen LogP contribution < -0.4 is 0 Å². The fourth-order valence-corrected chi connectivity index (χ4v) is 12.5. The molecule has 0 saturated carbocycles. The van der Waals surface area contributed by atoms with Crippen LogP contribution in [0.1, 0.15) is 76.0 Å². The molecule has 14 rings (SSSR count). The first kappa shape index (κ1) is 53.9. The van der Waals surface area contributed by atoms with Gasteiger partial charge >= 0.3 is 0 Å². The van der Waals surface area contributed by atoms with Crippen LogP contribution in [0.3, 0.4) is 0 Å². The molecule has 0 aliphatic rings. The fourth-order valence-electron chi connectivity index (χ4n) is 12.5. The first-order valence-corrected chi connectivity index (χ1v) is 29.8. The second kappa shape index (κ2) is 20.9. The van der Waals surface area contributed by atoms with Crippen LogP contribution in [-0.4, -0.2) is 33.7 Å². The van der Waals surface area contributed by atoms with Crippen LogP contribution in [0.15, 0.2) is 225 Å². The lowest BCUT2D eigenvalue weighted by atomic mass is 9.86. The molecule has 0 saturated heterocycles. The van der Waals surface area contributed by atoms with Gasteiger partial charge in [-0.05, 0) is 171 Å². The van der Waals surface area contributed by atoms with Crippen molar-refractivity contribution in [2.24, 2.45) is 0 Å². The van der Waals surface area contributed by atoms with E-state index >= 15 is 0 Å². The monoisotopic (exact) mass is 1110 g/mol. The normalized spacial score (nSPS) is 12.1. The van der Waals surface area contributed by atoms with Gasteiger partial charge in [0.2, 0.25) is 0 Å². The van der Waals surface area contributed by atoms with Gasteiger partial charge in [-0.2, -0.15) is 0 Å². The maximum Gasteiger partial charge on any atom is 0.148 e. The number of fused-ring (bicyclic) bond motifs is 6. The number of benzene rings is 9. The molecule has 0 unspecified atom stereocenters. The Kier molecular flexibility index (Phi) is 13.1.